The van der Waals surface area contributed by atoms with E-state index in [-0.39, 0.29) is 11.5 Å². The van der Waals surface area contributed by atoms with Gasteiger partial charge in [-0.05, 0) is 30.0 Å². The molecule has 0 aromatic heterocycles. The van der Waals surface area contributed by atoms with Gasteiger partial charge in [0.25, 0.3) is 0 Å². The van der Waals surface area contributed by atoms with Crippen molar-refractivity contribution in [2.75, 3.05) is 5.73 Å². The molecule has 2 aromatic rings. The van der Waals surface area contributed by atoms with Gasteiger partial charge in [-0.1, -0.05) is 49.7 Å². The monoisotopic (exact) mass is 243 g/mol. The summed E-state index contributed by atoms with van der Waals surface area (Å²) in [6.07, 6.45) is 3.48. The molecular formula is C16H18FN. The third-order valence-corrected chi connectivity index (χ3v) is 3.14. The zero-order valence-electron chi connectivity index (χ0n) is 10.6. The van der Waals surface area contributed by atoms with Crippen LogP contribution in [-0.4, -0.2) is 0 Å². The van der Waals surface area contributed by atoms with E-state index in [0.717, 1.165) is 17.5 Å². The van der Waals surface area contributed by atoms with E-state index in [2.05, 4.69) is 19.1 Å². The predicted molar refractivity (Wildman–Crippen MR) is 74.9 cm³/mol. The molecule has 0 unspecified atom stereocenters. The van der Waals surface area contributed by atoms with Crippen molar-refractivity contribution in [1.82, 2.24) is 0 Å². The average Bonchev–Trinajstić information content (AvgIpc) is 2.40. The van der Waals surface area contributed by atoms with Crippen LogP contribution in [0.3, 0.4) is 0 Å². The number of aryl methyl sites for hydroxylation is 1. The lowest BCUT2D eigenvalue weighted by Gasteiger charge is -2.07. The smallest absolute Gasteiger partial charge is 0.146 e. The van der Waals surface area contributed by atoms with E-state index < -0.39 is 0 Å². The molecule has 0 aliphatic carbocycles. The van der Waals surface area contributed by atoms with Crippen LogP contribution >= 0.6 is 0 Å². The number of para-hydroxylation sites is 1. The molecule has 2 aromatic carbocycles. The van der Waals surface area contributed by atoms with E-state index in [4.69, 9.17) is 5.73 Å². The van der Waals surface area contributed by atoms with Crippen molar-refractivity contribution in [2.24, 2.45) is 0 Å². The molecule has 2 N–H and O–H groups in total. The van der Waals surface area contributed by atoms with Gasteiger partial charge in [-0.25, -0.2) is 4.39 Å². The summed E-state index contributed by atoms with van der Waals surface area (Å²) in [6.45, 7) is 2.18. The second-order valence-corrected chi connectivity index (χ2v) is 4.50. The Kier molecular flexibility index (Phi) is 3.98. The number of hydrogen-bond acceptors (Lipinski definition) is 1. The standard InChI is InChI=1S/C16H18FN/c1-2-3-5-12-8-10-13(11-9-12)14-6-4-7-15(17)16(14)18/h4,6-11H,2-3,5,18H2,1H3. The molecule has 2 heteroatoms. The zero-order valence-corrected chi connectivity index (χ0v) is 10.6. The van der Waals surface area contributed by atoms with E-state index in [1.165, 1.54) is 24.5 Å². The van der Waals surface area contributed by atoms with E-state index >= 15 is 0 Å². The van der Waals surface area contributed by atoms with Crippen LogP contribution in [0.2, 0.25) is 0 Å². The lowest BCUT2D eigenvalue weighted by molar-refractivity contribution is 0.633. The summed E-state index contributed by atoms with van der Waals surface area (Å²) in [7, 11) is 0. The lowest BCUT2D eigenvalue weighted by atomic mass is 10.0. The number of nitrogens with two attached hydrogens (primary N) is 1. The molecule has 0 saturated heterocycles. The highest BCUT2D eigenvalue weighted by atomic mass is 19.1. The summed E-state index contributed by atoms with van der Waals surface area (Å²) in [4.78, 5) is 0. The van der Waals surface area contributed by atoms with Gasteiger partial charge in [-0.3, -0.25) is 0 Å². The summed E-state index contributed by atoms with van der Waals surface area (Å²) >= 11 is 0. The molecule has 1 nitrogen and oxygen atoms in total. The summed E-state index contributed by atoms with van der Waals surface area (Å²) in [5, 5.41) is 0. The van der Waals surface area contributed by atoms with E-state index in [9.17, 15) is 4.39 Å². The van der Waals surface area contributed by atoms with E-state index in [1.54, 1.807) is 6.07 Å². The minimum absolute atomic E-state index is 0.221. The van der Waals surface area contributed by atoms with E-state index in [0.29, 0.717) is 0 Å². The van der Waals surface area contributed by atoms with Crippen molar-refractivity contribution in [2.45, 2.75) is 26.2 Å². The molecule has 94 valence electrons. The number of halogens is 1. The number of unbranched alkanes of at least 4 members (excludes halogenated alkanes) is 1. The maximum absolute atomic E-state index is 13.4. The molecular weight excluding hydrogens is 225 g/mol. The van der Waals surface area contributed by atoms with Crippen LogP contribution in [0.15, 0.2) is 42.5 Å². The van der Waals surface area contributed by atoms with Crippen LogP contribution in [0, 0.1) is 5.82 Å². The predicted octanol–water partition coefficient (Wildman–Crippen LogP) is 4.42. The Hall–Kier alpha value is -1.83. The van der Waals surface area contributed by atoms with Gasteiger partial charge in [-0.15, -0.1) is 0 Å². The normalized spacial score (nSPS) is 10.6. The van der Waals surface area contributed by atoms with Crippen molar-refractivity contribution in [3.63, 3.8) is 0 Å². The minimum Gasteiger partial charge on any atom is -0.396 e. The maximum Gasteiger partial charge on any atom is 0.146 e. The highest BCUT2D eigenvalue weighted by Gasteiger charge is 2.06. The zero-order chi connectivity index (χ0) is 13.0. The van der Waals surface area contributed by atoms with Crippen molar-refractivity contribution in [3.05, 3.63) is 53.8 Å². The van der Waals surface area contributed by atoms with Gasteiger partial charge in [0.15, 0.2) is 0 Å². The Labute approximate surface area is 107 Å². The van der Waals surface area contributed by atoms with Crippen LogP contribution in [0.5, 0.6) is 0 Å². The molecule has 0 aliphatic heterocycles. The third-order valence-electron chi connectivity index (χ3n) is 3.14. The fourth-order valence-electron chi connectivity index (χ4n) is 2.02. The molecule has 0 spiro atoms. The van der Waals surface area contributed by atoms with Crippen LogP contribution in [0.4, 0.5) is 10.1 Å². The number of rotatable bonds is 4. The fraction of sp³-hybridized carbons (Fsp3) is 0.250. The fourth-order valence-corrected chi connectivity index (χ4v) is 2.02. The number of hydrogen-bond donors (Lipinski definition) is 1. The topological polar surface area (TPSA) is 26.0 Å². The first kappa shape index (κ1) is 12.6. The molecule has 0 heterocycles. The summed E-state index contributed by atoms with van der Waals surface area (Å²) in [5.41, 5.74) is 9.02. The molecule has 0 fully saturated rings. The first-order valence-electron chi connectivity index (χ1n) is 6.35. The molecule has 0 aliphatic rings. The Balaban J connectivity index is 2.26. The van der Waals surface area contributed by atoms with Crippen LogP contribution < -0.4 is 5.73 Å². The highest BCUT2D eigenvalue weighted by Crippen LogP contribution is 2.28. The Morgan fingerprint density at radius 1 is 1.06 bits per heavy atom. The second-order valence-electron chi connectivity index (χ2n) is 4.50. The number of benzene rings is 2. The SMILES string of the molecule is CCCCc1ccc(-c2cccc(F)c2N)cc1. The number of anilines is 1. The van der Waals surface area contributed by atoms with Crippen molar-refractivity contribution < 1.29 is 4.39 Å². The van der Waals surface area contributed by atoms with Gasteiger partial charge in [0.2, 0.25) is 0 Å². The quantitative estimate of drug-likeness (QED) is 0.790. The molecule has 0 saturated carbocycles. The van der Waals surface area contributed by atoms with Crippen molar-refractivity contribution in [3.8, 4) is 11.1 Å². The van der Waals surface area contributed by atoms with Gasteiger partial charge >= 0.3 is 0 Å². The minimum atomic E-state index is -0.359. The Morgan fingerprint density at radius 2 is 1.78 bits per heavy atom. The van der Waals surface area contributed by atoms with Gasteiger partial charge in [0.1, 0.15) is 5.82 Å². The maximum atomic E-state index is 13.4. The summed E-state index contributed by atoms with van der Waals surface area (Å²) < 4.78 is 13.4. The van der Waals surface area contributed by atoms with Crippen LogP contribution in [0.1, 0.15) is 25.3 Å². The Morgan fingerprint density at radius 3 is 2.44 bits per heavy atom. The molecule has 0 atom stereocenters. The van der Waals surface area contributed by atoms with Gasteiger partial charge in [0.05, 0.1) is 5.69 Å². The van der Waals surface area contributed by atoms with Gasteiger partial charge in [-0.2, -0.15) is 0 Å². The first-order chi connectivity index (χ1) is 8.72. The molecule has 0 amide bonds. The summed E-state index contributed by atoms with van der Waals surface area (Å²) in [6, 6.07) is 13.1. The van der Waals surface area contributed by atoms with Gasteiger partial charge in [0, 0.05) is 5.56 Å². The molecule has 2 rings (SSSR count). The molecule has 0 radical (unpaired) electrons. The molecule has 0 bridgehead atoms. The molecule has 18 heavy (non-hydrogen) atoms. The largest absolute Gasteiger partial charge is 0.396 e. The third kappa shape index (κ3) is 2.70. The average molecular weight is 243 g/mol. The Bertz CT molecular complexity index is 517. The van der Waals surface area contributed by atoms with E-state index in [1.807, 2.05) is 18.2 Å². The van der Waals surface area contributed by atoms with Crippen LogP contribution in [-0.2, 0) is 6.42 Å². The second kappa shape index (κ2) is 5.67. The number of nitrogen functional groups attached to an aromatic ring is 1. The highest BCUT2D eigenvalue weighted by molar-refractivity contribution is 5.76. The van der Waals surface area contributed by atoms with Crippen LogP contribution in [0.25, 0.3) is 11.1 Å². The lowest BCUT2D eigenvalue weighted by Crippen LogP contribution is -1.94. The van der Waals surface area contributed by atoms with Crippen molar-refractivity contribution in [1.29, 1.82) is 0 Å². The van der Waals surface area contributed by atoms with Gasteiger partial charge < -0.3 is 5.73 Å². The van der Waals surface area contributed by atoms with Crippen molar-refractivity contribution >= 4 is 5.69 Å². The summed E-state index contributed by atoms with van der Waals surface area (Å²) in [5.74, 6) is -0.359. The first-order valence-corrected chi connectivity index (χ1v) is 6.35.